The minimum atomic E-state index is -0.466. The van der Waals surface area contributed by atoms with Gasteiger partial charge in [-0.25, -0.2) is 0 Å². The van der Waals surface area contributed by atoms with Gasteiger partial charge in [-0.05, 0) is 13.0 Å². The number of nitrogens with one attached hydrogen (secondary N) is 2. The van der Waals surface area contributed by atoms with Gasteiger partial charge in [0.1, 0.15) is 6.54 Å². The van der Waals surface area contributed by atoms with E-state index in [0.717, 1.165) is 22.2 Å². The van der Waals surface area contributed by atoms with Gasteiger partial charge >= 0.3 is 4.87 Å². The van der Waals surface area contributed by atoms with Gasteiger partial charge in [0.05, 0.1) is 5.56 Å². The number of amides is 2. The molecule has 0 unspecified atom stereocenters. The normalized spacial score (nSPS) is 10.8. The van der Waals surface area contributed by atoms with E-state index in [4.69, 9.17) is 0 Å². The van der Waals surface area contributed by atoms with E-state index in [-0.39, 0.29) is 11.4 Å². The molecule has 0 bridgehead atoms. The van der Waals surface area contributed by atoms with E-state index in [1.165, 1.54) is 4.57 Å². The molecule has 1 aromatic carbocycles. The fourth-order valence-electron chi connectivity index (χ4n) is 2.50. The van der Waals surface area contributed by atoms with Crippen LogP contribution < -0.4 is 15.7 Å². The monoisotopic (exact) mass is 344 g/mol. The third-order valence-electron chi connectivity index (χ3n) is 3.74. The van der Waals surface area contributed by atoms with E-state index in [1.54, 1.807) is 18.5 Å². The van der Waals surface area contributed by atoms with Gasteiger partial charge in [0, 0.05) is 35.2 Å². The van der Waals surface area contributed by atoms with Crippen LogP contribution in [0.15, 0.2) is 40.6 Å². The summed E-state index contributed by atoms with van der Waals surface area (Å²) < 4.78 is 3.20. The summed E-state index contributed by atoms with van der Waals surface area (Å²) in [6, 6.07) is 7.51. The first kappa shape index (κ1) is 16.0. The molecule has 7 nitrogen and oxygen atoms in total. The highest BCUT2D eigenvalue weighted by Gasteiger charge is 2.15. The Bertz CT molecular complexity index is 983. The van der Waals surface area contributed by atoms with Crippen LogP contribution in [-0.2, 0) is 18.4 Å². The highest BCUT2D eigenvalue weighted by Crippen LogP contribution is 2.19. The molecule has 0 spiro atoms. The molecule has 124 valence electrons. The number of aryl methyl sites for hydroxylation is 2. The van der Waals surface area contributed by atoms with E-state index in [2.05, 4.69) is 10.9 Å². The molecule has 0 atom stereocenters. The minimum Gasteiger partial charge on any atom is -0.350 e. The molecule has 0 radical (unpaired) electrons. The van der Waals surface area contributed by atoms with E-state index >= 15 is 0 Å². The number of benzene rings is 1. The van der Waals surface area contributed by atoms with Crippen LogP contribution in [0.4, 0.5) is 0 Å². The van der Waals surface area contributed by atoms with Crippen LogP contribution in [0.3, 0.4) is 0 Å². The van der Waals surface area contributed by atoms with Crippen molar-refractivity contribution in [1.82, 2.24) is 20.0 Å². The molecule has 0 fully saturated rings. The molecule has 0 aliphatic carbocycles. The summed E-state index contributed by atoms with van der Waals surface area (Å²) >= 11 is 1.04. The summed E-state index contributed by atoms with van der Waals surface area (Å²) in [4.78, 5) is 35.6. The summed E-state index contributed by atoms with van der Waals surface area (Å²) in [5.74, 6) is -0.873. The number of rotatable bonds is 3. The molecule has 0 aliphatic rings. The van der Waals surface area contributed by atoms with Crippen molar-refractivity contribution in [3.63, 3.8) is 0 Å². The number of nitrogens with zero attached hydrogens (tertiary/aromatic N) is 2. The maximum Gasteiger partial charge on any atom is 0.307 e. The van der Waals surface area contributed by atoms with Gasteiger partial charge in [0.2, 0.25) is 0 Å². The Balaban J connectivity index is 1.69. The van der Waals surface area contributed by atoms with Crippen molar-refractivity contribution in [2.24, 2.45) is 7.05 Å². The second-order valence-electron chi connectivity index (χ2n) is 5.40. The van der Waals surface area contributed by atoms with E-state index in [1.807, 2.05) is 35.9 Å². The lowest BCUT2D eigenvalue weighted by atomic mass is 10.2. The van der Waals surface area contributed by atoms with Crippen LogP contribution in [0.2, 0.25) is 0 Å². The second-order valence-corrected chi connectivity index (χ2v) is 6.22. The molecule has 8 heteroatoms. The topological polar surface area (TPSA) is 85.1 Å². The molecule has 0 aliphatic heterocycles. The second kappa shape index (κ2) is 6.32. The molecule has 0 saturated heterocycles. The SMILES string of the molecule is Cc1csc(=O)n1CC(=O)NNC(=O)c1cn(C)c2ccccc12. The smallest absolute Gasteiger partial charge is 0.307 e. The fraction of sp³-hybridized carbons (Fsp3) is 0.188. The molecule has 0 saturated carbocycles. The zero-order valence-electron chi connectivity index (χ0n) is 13.2. The zero-order valence-corrected chi connectivity index (χ0v) is 14.0. The average Bonchev–Trinajstić information content (AvgIpc) is 3.07. The lowest BCUT2D eigenvalue weighted by Crippen LogP contribution is -2.44. The first-order chi connectivity index (χ1) is 11.5. The van der Waals surface area contributed by atoms with Crippen molar-refractivity contribution >= 4 is 34.1 Å². The van der Waals surface area contributed by atoms with Gasteiger partial charge in [-0.1, -0.05) is 29.5 Å². The molecule has 24 heavy (non-hydrogen) atoms. The quantitative estimate of drug-likeness (QED) is 0.700. The summed E-state index contributed by atoms with van der Waals surface area (Å²) in [5.41, 5.74) is 6.84. The number of hydrogen-bond acceptors (Lipinski definition) is 4. The molecule has 2 aromatic heterocycles. The number of aromatic nitrogens is 2. The highest BCUT2D eigenvalue weighted by molar-refractivity contribution is 7.07. The Morgan fingerprint density at radius 3 is 2.67 bits per heavy atom. The minimum absolute atomic E-state index is 0.135. The van der Waals surface area contributed by atoms with Crippen LogP contribution in [0.1, 0.15) is 16.1 Å². The van der Waals surface area contributed by atoms with Crippen molar-refractivity contribution in [2.45, 2.75) is 13.5 Å². The molecule has 2 amide bonds. The number of carbonyl (C=O) groups is 2. The average molecular weight is 344 g/mol. The number of fused-ring (bicyclic) bond motifs is 1. The number of carbonyl (C=O) groups excluding carboxylic acids is 2. The highest BCUT2D eigenvalue weighted by atomic mass is 32.1. The van der Waals surface area contributed by atoms with Crippen molar-refractivity contribution in [1.29, 1.82) is 0 Å². The Labute approximate surface area is 141 Å². The molecular formula is C16H16N4O3S. The molecule has 2 heterocycles. The third-order valence-corrected chi connectivity index (χ3v) is 4.62. The summed E-state index contributed by atoms with van der Waals surface area (Å²) in [6.45, 7) is 1.61. The summed E-state index contributed by atoms with van der Waals surface area (Å²) in [6.07, 6.45) is 1.71. The molecule has 3 rings (SSSR count). The predicted molar refractivity (Wildman–Crippen MR) is 91.8 cm³/mol. The first-order valence-electron chi connectivity index (χ1n) is 7.25. The van der Waals surface area contributed by atoms with Gasteiger partial charge in [0.25, 0.3) is 11.8 Å². The van der Waals surface area contributed by atoms with E-state index in [0.29, 0.717) is 11.3 Å². The predicted octanol–water partition coefficient (Wildman–Crippen LogP) is 1.17. The lowest BCUT2D eigenvalue weighted by Gasteiger charge is -2.08. The van der Waals surface area contributed by atoms with Gasteiger partial charge in [-0.15, -0.1) is 0 Å². The lowest BCUT2D eigenvalue weighted by molar-refractivity contribution is -0.122. The maximum atomic E-state index is 12.3. The third kappa shape index (κ3) is 2.95. The van der Waals surface area contributed by atoms with Crippen molar-refractivity contribution in [3.8, 4) is 0 Å². The van der Waals surface area contributed by atoms with Gasteiger partial charge in [0.15, 0.2) is 0 Å². The Kier molecular flexibility index (Phi) is 4.22. The molecule has 3 aromatic rings. The number of thiazole rings is 1. The van der Waals surface area contributed by atoms with Crippen LogP contribution in [0, 0.1) is 6.92 Å². The number of para-hydroxylation sites is 1. The Morgan fingerprint density at radius 1 is 1.21 bits per heavy atom. The standard InChI is InChI=1S/C16H16N4O3S/c1-10-9-24-16(23)20(10)8-14(21)17-18-15(22)12-7-19(2)13-6-4-3-5-11(12)13/h3-7,9H,8H2,1-2H3,(H,17,21)(H,18,22). The van der Waals surface area contributed by atoms with Crippen LogP contribution in [0.5, 0.6) is 0 Å². The molecule has 2 N–H and O–H groups in total. The van der Waals surface area contributed by atoms with Crippen molar-refractivity contribution in [3.05, 3.63) is 56.8 Å². The summed E-state index contributed by atoms with van der Waals surface area (Å²) in [7, 11) is 1.85. The van der Waals surface area contributed by atoms with E-state index in [9.17, 15) is 14.4 Å². The number of hydrazine groups is 1. The van der Waals surface area contributed by atoms with Crippen LogP contribution in [0.25, 0.3) is 10.9 Å². The van der Waals surface area contributed by atoms with Crippen molar-refractivity contribution in [2.75, 3.05) is 0 Å². The van der Waals surface area contributed by atoms with Crippen molar-refractivity contribution < 1.29 is 9.59 Å². The van der Waals surface area contributed by atoms with Gasteiger partial charge < -0.3 is 4.57 Å². The first-order valence-corrected chi connectivity index (χ1v) is 8.13. The largest absolute Gasteiger partial charge is 0.350 e. The molecular weight excluding hydrogens is 328 g/mol. The maximum absolute atomic E-state index is 12.3. The van der Waals surface area contributed by atoms with Gasteiger partial charge in [-0.2, -0.15) is 0 Å². The fourth-order valence-corrected chi connectivity index (χ4v) is 3.23. The van der Waals surface area contributed by atoms with E-state index < -0.39 is 11.8 Å². The Morgan fingerprint density at radius 2 is 1.96 bits per heavy atom. The zero-order chi connectivity index (χ0) is 17.3. The summed E-state index contributed by atoms with van der Waals surface area (Å²) in [5, 5.41) is 2.49. The van der Waals surface area contributed by atoms with Crippen LogP contribution in [-0.4, -0.2) is 20.9 Å². The van der Waals surface area contributed by atoms with Crippen LogP contribution >= 0.6 is 11.3 Å². The number of hydrogen-bond donors (Lipinski definition) is 2. The van der Waals surface area contributed by atoms with Gasteiger partial charge in [-0.3, -0.25) is 29.8 Å². The Hall–Kier alpha value is -2.87.